The van der Waals surface area contributed by atoms with Gasteiger partial charge in [0.2, 0.25) is 0 Å². The maximum absolute atomic E-state index is 13.2. The topological polar surface area (TPSA) is 87.1 Å². The molecule has 0 bridgehead atoms. The molecule has 6 nitrogen and oxygen atoms in total. The first kappa shape index (κ1) is 22.5. The van der Waals surface area contributed by atoms with Crippen LogP contribution in [0.1, 0.15) is 49.3 Å². The van der Waals surface area contributed by atoms with Crippen LogP contribution in [0.3, 0.4) is 0 Å². The van der Waals surface area contributed by atoms with Gasteiger partial charge in [-0.15, -0.1) is 0 Å². The summed E-state index contributed by atoms with van der Waals surface area (Å²) in [4.78, 5) is 27.9. The molecule has 168 valence electrons. The summed E-state index contributed by atoms with van der Waals surface area (Å²) in [6, 6.07) is 8.32. The fourth-order valence-corrected chi connectivity index (χ4v) is 5.30. The molecule has 2 aromatic carbocycles. The van der Waals surface area contributed by atoms with E-state index in [1.54, 1.807) is 17.0 Å². The highest BCUT2D eigenvalue weighted by molar-refractivity contribution is 6.47. The van der Waals surface area contributed by atoms with Crippen LogP contribution < -0.4 is 4.74 Å². The van der Waals surface area contributed by atoms with Gasteiger partial charge in [0.05, 0.1) is 28.8 Å². The van der Waals surface area contributed by atoms with Crippen molar-refractivity contribution in [2.75, 3.05) is 7.11 Å². The molecule has 2 aliphatic rings. The first-order valence-corrected chi connectivity index (χ1v) is 11.2. The second-order valence-corrected chi connectivity index (χ2v) is 8.88. The summed E-state index contributed by atoms with van der Waals surface area (Å²) in [7, 11) is 1.42. The van der Waals surface area contributed by atoms with Gasteiger partial charge in [-0.05, 0) is 42.7 Å². The Morgan fingerprint density at radius 1 is 1.06 bits per heavy atom. The number of ketones is 1. The van der Waals surface area contributed by atoms with E-state index in [2.05, 4.69) is 0 Å². The zero-order chi connectivity index (χ0) is 23.0. The highest BCUT2D eigenvalue weighted by Gasteiger charge is 2.49. The zero-order valence-electron chi connectivity index (χ0n) is 17.5. The molecule has 4 rings (SSSR count). The van der Waals surface area contributed by atoms with Gasteiger partial charge in [-0.2, -0.15) is 0 Å². The number of benzene rings is 2. The molecule has 1 saturated carbocycles. The average Bonchev–Trinajstić information content (AvgIpc) is 3.04. The van der Waals surface area contributed by atoms with E-state index in [-0.39, 0.29) is 44.5 Å². The van der Waals surface area contributed by atoms with E-state index < -0.39 is 17.7 Å². The third kappa shape index (κ3) is 3.93. The number of hydrogen-bond donors (Lipinski definition) is 2. The van der Waals surface area contributed by atoms with Crippen molar-refractivity contribution < 1.29 is 24.5 Å². The third-order valence-corrected chi connectivity index (χ3v) is 6.67. The fraction of sp³-hybridized carbons (Fsp3) is 0.333. The van der Waals surface area contributed by atoms with E-state index in [9.17, 15) is 19.8 Å². The van der Waals surface area contributed by atoms with Gasteiger partial charge in [0.15, 0.2) is 5.75 Å². The number of methoxy groups -OCH3 is 1. The van der Waals surface area contributed by atoms with E-state index in [4.69, 9.17) is 27.9 Å². The summed E-state index contributed by atoms with van der Waals surface area (Å²) in [5, 5.41) is 21.6. The monoisotopic (exact) mass is 475 g/mol. The molecule has 0 spiro atoms. The minimum Gasteiger partial charge on any atom is -0.508 e. The quantitative estimate of drug-likeness (QED) is 0.348. The van der Waals surface area contributed by atoms with Gasteiger partial charge in [-0.3, -0.25) is 9.59 Å². The number of likely N-dealkylation sites (tertiary alicyclic amines) is 1. The summed E-state index contributed by atoms with van der Waals surface area (Å²) < 4.78 is 5.16. The summed E-state index contributed by atoms with van der Waals surface area (Å²) in [5.74, 6) is -1.55. The van der Waals surface area contributed by atoms with Crippen molar-refractivity contribution in [3.63, 3.8) is 0 Å². The number of hydrogen-bond acceptors (Lipinski definition) is 5. The standard InChI is InChI=1S/C24H23Cl2NO5/c1-32-23-17(25)11-14(12-18(23)26)21(29)19-20(13-6-5-9-16(28)10-13)27(24(31)22(19)30)15-7-3-2-4-8-15/h5-6,9-12,15,20,28-29H,2-4,7-8H2,1H3/b21-19+. The largest absolute Gasteiger partial charge is 0.508 e. The predicted molar refractivity (Wildman–Crippen MR) is 122 cm³/mol. The molecule has 1 saturated heterocycles. The first-order valence-electron chi connectivity index (χ1n) is 10.5. The molecule has 0 aromatic heterocycles. The zero-order valence-corrected chi connectivity index (χ0v) is 19.0. The van der Waals surface area contributed by atoms with Gasteiger partial charge in [-0.1, -0.05) is 54.6 Å². The lowest BCUT2D eigenvalue weighted by Gasteiger charge is -2.35. The maximum Gasteiger partial charge on any atom is 0.295 e. The molecule has 2 fully saturated rings. The molecule has 1 amide bonds. The van der Waals surface area contributed by atoms with E-state index in [0.717, 1.165) is 32.1 Å². The Morgan fingerprint density at radius 3 is 2.31 bits per heavy atom. The van der Waals surface area contributed by atoms with Crippen molar-refractivity contribution in [2.24, 2.45) is 0 Å². The molecule has 1 aliphatic carbocycles. The number of ether oxygens (including phenoxy) is 1. The van der Waals surface area contributed by atoms with Crippen molar-refractivity contribution in [1.29, 1.82) is 0 Å². The second-order valence-electron chi connectivity index (χ2n) is 8.07. The Hall–Kier alpha value is -2.70. The number of aromatic hydroxyl groups is 1. The SMILES string of the molecule is COc1c(Cl)cc(/C(O)=C2\C(=O)C(=O)N(C3CCCCC3)C2c2cccc(O)c2)cc1Cl. The fourth-order valence-electron chi connectivity index (χ4n) is 4.66. The van der Waals surface area contributed by atoms with Crippen LogP contribution >= 0.6 is 23.2 Å². The number of carbonyl (C=O) groups excluding carboxylic acids is 2. The van der Waals surface area contributed by atoms with Crippen molar-refractivity contribution >= 4 is 40.7 Å². The highest BCUT2D eigenvalue weighted by Crippen LogP contribution is 2.44. The number of aliphatic hydroxyl groups excluding tert-OH is 1. The molecular weight excluding hydrogens is 453 g/mol. The molecule has 32 heavy (non-hydrogen) atoms. The summed E-state index contributed by atoms with van der Waals surface area (Å²) in [5.41, 5.74) is 0.693. The summed E-state index contributed by atoms with van der Waals surface area (Å²) >= 11 is 12.5. The van der Waals surface area contributed by atoms with Crippen LogP contribution in [0, 0.1) is 0 Å². The van der Waals surface area contributed by atoms with Crippen molar-refractivity contribution in [3.8, 4) is 11.5 Å². The Morgan fingerprint density at radius 2 is 1.72 bits per heavy atom. The van der Waals surface area contributed by atoms with E-state index in [0.29, 0.717) is 5.56 Å². The lowest BCUT2D eigenvalue weighted by molar-refractivity contribution is -0.141. The van der Waals surface area contributed by atoms with Crippen LogP contribution in [-0.4, -0.2) is 40.0 Å². The normalized spacial score (nSPS) is 21.2. The van der Waals surface area contributed by atoms with Gasteiger partial charge in [0, 0.05) is 11.6 Å². The molecule has 1 atom stereocenters. The number of phenolic OH excluding ortho intramolecular Hbond substituents is 1. The van der Waals surface area contributed by atoms with Crippen molar-refractivity contribution in [1.82, 2.24) is 4.90 Å². The van der Waals surface area contributed by atoms with Crippen LogP contribution in [-0.2, 0) is 9.59 Å². The van der Waals surface area contributed by atoms with E-state index in [1.807, 2.05) is 0 Å². The van der Waals surface area contributed by atoms with Gasteiger partial charge in [-0.25, -0.2) is 0 Å². The number of amides is 1. The van der Waals surface area contributed by atoms with Crippen LogP contribution in [0.25, 0.3) is 5.76 Å². The molecule has 8 heteroatoms. The molecule has 1 unspecified atom stereocenters. The maximum atomic E-state index is 13.2. The van der Waals surface area contributed by atoms with Crippen LogP contribution in [0.15, 0.2) is 42.0 Å². The Balaban J connectivity index is 1.90. The number of phenols is 1. The smallest absolute Gasteiger partial charge is 0.295 e. The molecule has 0 radical (unpaired) electrons. The highest BCUT2D eigenvalue weighted by atomic mass is 35.5. The molecule has 2 aromatic rings. The van der Waals surface area contributed by atoms with Crippen molar-refractivity contribution in [2.45, 2.75) is 44.2 Å². The molecule has 2 N–H and O–H groups in total. The van der Waals surface area contributed by atoms with E-state index in [1.165, 1.54) is 31.4 Å². The average molecular weight is 476 g/mol. The van der Waals surface area contributed by atoms with Gasteiger partial charge >= 0.3 is 0 Å². The van der Waals surface area contributed by atoms with Crippen LogP contribution in [0.4, 0.5) is 0 Å². The third-order valence-electron chi connectivity index (χ3n) is 6.11. The Bertz CT molecular complexity index is 1080. The number of halogens is 2. The summed E-state index contributed by atoms with van der Waals surface area (Å²) in [6.07, 6.45) is 4.57. The lowest BCUT2D eigenvalue weighted by atomic mass is 9.91. The van der Waals surface area contributed by atoms with Crippen molar-refractivity contribution in [3.05, 3.63) is 63.1 Å². The summed E-state index contributed by atoms with van der Waals surface area (Å²) in [6.45, 7) is 0. The second kappa shape index (κ2) is 9.04. The van der Waals surface area contributed by atoms with Crippen LogP contribution in [0.5, 0.6) is 11.5 Å². The number of rotatable bonds is 4. The van der Waals surface area contributed by atoms with E-state index >= 15 is 0 Å². The predicted octanol–water partition coefficient (Wildman–Crippen LogP) is 5.46. The Kier molecular flexibility index (Phi) is 6.35. The minimum absolute atomic E-state index is 0.00673. The van der Waals surface area contributed by atoms with Crippen LogP contribution in [0.2, 0.25) is 10.0 Å². The number of Topliss-reactive ketones (excluding diaryl/α,β-unsaturated/α-hetero) is 1. The van der Waals surface area contributed by atoms with Gasteiger partial charge in [0.25, 0.3) is 11.7 Å². The number of carbonyl (C=O) groups is 2. The Labute approximate surface area is 196 Å². The van der Waals surface area contributed by atoms with Gasteiger partial charge in [0.1, 0.15) is 11.5 Å². The number of nitrogens with zero attached hydrogens (tertiary/aromatic N) is 1. The van der Waals surface area contributed by atoms with Gasteiger partial charge < -0.3 is 19.8 Å². The minimum atomic E-state index is -0.829. The first-order chi connectivity index (χ1) is 15.3. The lowest BCUT2D eigenvalue weighted by Crippen LogP contribution is -2.40. The molecular formula is C24H23Cl2NO5. The number of aliphatic hydroxyl groups is 1. The molecule has 1 heterocycles. The molecule has 1 aliphatic heterocycles.